The van der Waals surface area contributed by atoms with Crippen LogP contribution >= 0.6 is 23.2 Å². The van der Waals surface area contributed by atoms with Gasteiger partial charge in [-0.2, -0.15) is 0 Å². The Balaban J connectivity index is 2.07. The molecule has 220 valence electrons. The molecule has 0 saturated carbocycles. The molecule has 3 aromatic carbocycles. The van der Waals surface area contributed by atoms with Crippen LogP contribution < -0.4 is 19.1 Å². The van der Waals surface area contributed by atoms with Crippen LogP contribution in [0.15, 0.2) is 71.6 Å². The summed E-state index contributed by atoms with van der Waals surface area (Å²) in [6.45, 7) is 3.32. The standard InChI is InChI=1S/C29H33Cl2N3O6S/c1-5-15-32-29(36)20(2)33(18-21-11-13-24(30)25(31)16-21)28(35)19-34(41(37,38)23-9-7-6-8-10-23)22-12-14-26(39-3)27(17-22)40-4/h6-14,16-17,20H,5,15,18-19H2,1-4H3,(H,32,36)/t20-/m0/s1. The Labute approximate surface area is 251 Å². The fourth-order valence-corrected chi connectivity index (χ4v) is 5.79. The number of methoxy groups -OCH3 is 2. The summed E-state index contributed by atoms with van der Waals surface area (Å²) in [4.78, 5) is 28.3. The molecule has 0 saturated heterocycles. The molecule has 2 amide bonds. The maximum Gasteiger partial charge on any atom is 0.264 e. The zero-order chi connectivity index (χ0) is 30.2. The topological polar surface area (TPSA) is 105 Å². The van der Waals surface area contributed by atoms with Gasteiger partial charge in [0, 0.05) is 19.2 Å². The molecule has 0 spiro atoms. The molecule has 0 aliphatic rings. The van der Waals surface area contributed by atoms with Crippen LogP contribution in [-0.4, -0.2) is 58.5 Å². The molecule has 0 aliphatic carbocycles. The number of nitrogens with zero attached hydrogens (tertiary/aromatic N) is 2. The van der Waals surface area contributed by atoms with Gasteiger partial charge < -0.3 is 19.7 Å². The van der Waals surface area contributed by atoms with Crippen LogP contribution in [0.5, 0.6) is 11.5 Å². The number of benzene rings is 3. The van der Waals surface area contributed by atoms with Crippen LogP contribution in [0.1, 0.15) is 25.8 Å². The molecule has 0 bridgehead atoms. The number of ether oxygens (including phenoxy) is 2. The van der Waals surface area contributed by atoms with Crippen LogP contribution in [-0.2, 0) is 26.2 Å². The van der Waals surface area contributed by atoms with E-state index >= 15 is 0 Å². The molecule has 1 N–H and O–H groups in total. The maximum atomic E-state index is 14.0. The average Bonchev–Trinajstić information content (AvgIpc) is 2.98. The number of hydrogen-bond donors (Lipinski definition) is 1. The third-order valence-corrected chi connectivity index (χ3v) is 8.85. The molecule has 3 rings (SSSR count). The highest BCUT2D eigenvalue weighted by Gasteiger charge is 2.33. The first kappa shape index (κ1) is 32.0. The van der Waals surface area contributed by atoms with Crippen molar-refractivity contribution in [3.05, 3.63) is 82.3 Å². The van der Waals surface area contributed by atoms with E-state index in [9.17, 15) is 18.0 Å². The second-order valence-electron chi connectivity index (χ2n) is 9.10. The molecule has 0 aromatic heterocycles. The first-order valence-corrected chi connectivity index (χ1v) is 15.0. The molecule has 9 nitrogen and oxygen atoms in total. The summed E-state index contributed by atoms with van der Waals surface area (Å²) in [7, 11) is -1.33. The third kappa shape index (κ3) is 7.84. The lowest BCUT2D eigenvalue weighted by Crippen LogP contribution is -2.51. The van der Waals surface area contributed by atoms with E-state index in [1.54, 1.807) is 49.4 Å². The first-order chi connectivity index (χ1) is 19.5. The molecule has 0 aliphatic heterocycles. The van der Waals surface area contributed by atoms with E-state index in [-0.39, 0.29) is 28.8 Å². The third-order valence-electron chi connectivity index (χ3n) is 6.32. The minimum atomic E-state index is -4.22. The molecule has 1 atom stereocenters. The summed E-state index contributed by atoms with van der Waals surface area (Å²) in [6.07, 6.45) is 0.710. The molecule has 0 heterocycles. The van der Waals surface area contributed by atoms with E-state index in [1.165, 1.54) is 43.4 Å². The van der Waals surface area contributed by atoms with Crippen LogP contribution in [0.25, 0.3) is 0 Å². The summed E-state index contributed by atoms with van der Waals surface area (Å²) >= 11 is 12.3. The predicted octanol–water partition coefficient (Wildman–Crippen LogP) is 5.15. The lowest BCUT2D eigenvalue weighted by atomic mass is 10.1. The van der Waals surface area contributed by atoms with Gasteiger partial charge in [-0.05, 0) is 55.3 Å². The monoisotopic (exact) mass is 621 g/mol. The second kappa shape index (κ2) is 14.4. The number of sulfonamides is 1. The largest absolute Gasteiger partial charge is 0.493 e. The summed E-state index contributed by atoms with van der Waals surface area (Å²) in [5.41, 5.74) is 0.795. The second-order valence-corrected chi connectivity index (χ2v) is 11.8. The lowest BCUT2D eigenvalue weighted by molar-refractivity contribution is -0.139. The minimum Gasteiger partial charge on any atom is -0.493 e. The van der Waals surface area contributed by atoms with Crippen LogP contribution in [0.3, 0.4) is 0 Å². The Morgan fingerprint density at radius 2 is 1.61 bits per heavy atom. The van der Waals surface area contributed by atoms with Crippen molar-refractivity contribution in [3.8, 4) is 11.5 Å². The Hall–Kier alpha value is -3.47. The number of amides is 2. The van der Waals surface area contributed by atoms with E-state index in [1.807, 2.05) is 6.92 Å². The van der Waals surface area contributed by atoms with E-state index in [0.29, 0.717) is 34.3 Å². The van der Waals surface area contributed by atoms with Crippen molar-refractivity contribution in [3.63, 3.8) is 0 Å². The highest BCUT2D eigenvalue weighted by molar-refractivity contribution is 7.92. The van der Waals surface area contributed by atoms with Crippen molar-refractivity contribution < 1.29 is 27.5 Å². The minimum absolute atomic E-state index is 0.00708. The van der Waals surface area contributed by atoms with Crippen LogP contribution in [0, 0.1) is 0 Å². The number of anilines is 1. The van der Waals surface area contributed by atoms with Crippen molar-refractivity contribution >= 4 is 50.7 Å². The number of carbonyl (C=O) groups is 2. The SMILES string of the molecule is CCCNC(=O)[C@H](C)N(Cc1ccc(Cl)c(Cl)c1)C(=O)CN(c1ccc(OC)c(OC)c1)S(=O)(=O)c1ccccc1. The van der Waals surface area contributed by atoms with Gasteiger partial charge in [-0.1, -0.05) is 54.4 Å². The molecule has 41 heavy (non-hydrogen) atoms. The van der Waals surface area contributed by atoms with Gasteiger partial charge in [-0.15, -0.1) is 0 Å². The van der Waals surface area contributed by atoms with Crippen LogP contribution in [0.2, 0.25) is 10.0 Å². The van der Waals surface area contributed by atoms with E-state index < -0.39 is 28.5 Å². The Morgan fingerprint density at radius 3 is 2.22 bits per heavy atom. The van der Waals surface area contributed by atoms with Gasteiger partial charge in [0.25, 0.3) is 10.0 Å². The number of rotatable bonds is 13. The predicted molar refractivity (Wildman–Crippen MR) is 160 cm³/mol. The fraction of sp³-hybridized carbons (Fsp3) is 0.310. The van der Waals surface area contributed by atoms with E-state index in [2.05, 4.69) is 5.32 Å². The molecular weight excluding hydrogens is 589 g/mol. The lowest BCUT2D eigenvalue weighted by Gasteiger charge is -2.32. The molecular formula is C29H33Cl2N3O6S. The van der Waals surface area contributed by atoms with Crippen molar-refractivity contribution in [2.45, 2.75) is 37.8 Å². The zero-order valence-electron chi connectivity index (χ0n) is 23.3. The fourth-order valence-electron chi connectivity index (χ4n) is 4.04. The molecule has 0 radical (unpaired) electrons. The van der Waals surface area contributed by atoms with Crippen LogP contribution in [0.4, 0.5) is 5.69 Å². The van der Waals surface area contributed by atoms with Gasteiger partial charge in [-0.25, -0.2) is 8.42 Å². The van der Waals surface area contributed by atoms with Gasteiger partial charge in [0.15, 0.2) is 11.5 Å². The van der Waals surface area contributed by atoms with Crippen molar-refractivity contribution in [1.29, 1.82) is 0 Å². The van der Waals surface area contributed by atoms with Gasteiger partial charge in [0.1, 0.15) is 12.6 Å². The normalized spacial score (nSPS) is 11.9. The Bertz CT molecular complexity index is 1470. The highest BCUT2D eigenvalue weighted by Crippen LogP contribution is 2.34. The Morgan fingerprint density at radius 1 is 0.927 bits per heavy atom. The van der Waals surface area contributed by atoms with Gasteiger partial charge in [-0.3, -0.25) is 13.9 Å². The molecule has 3 aromatic rings. The summed E-state index contributed by atoms with van der Waals surface area (Å²) in [6, 6.07) is 16.3. The maximum absolute atomic E-state index is 14.0. The highest BCUT2D eigenvalue weighted by atomic mass is 35.5. The van der Waals surface area contributed by atoms with Crippen molar-refractivity contribution in [2.24, 2.45) is 0 Å². The molecule has 0 fully saturated rings. The van der Waals surface area contributed by atoms with E-state index in [0.717, 1.165) is 4.31 Å². The smallest absolute Gasteiger partial charge is 0.264 e. The zero-order valence-corrected chi connectivity index (χ0v) is 25.6. The first-order valence-electron chi connectivity index (χ1n) is 12.8. The van der Waals surface area contributed by atoms with Crippen molar-refractivity contribution in [1.82, 2.24) is 10.2 Å². The van der Waals surface area contributed by atoms with Gasteiger partial charge >= 0.3 is 0 Å². The summed E-state index contributed by atoms with van der Waals surface area (Å²) in [5, 5.41) is 3.43. The van der Waals surface area contributed by atoms with Crippen molar-refractivity contribution in [2.75, 3.05) is 31.6 Å². The van der Waals surface area contributed by atoms with Gasteiger partial charge in [0.05, 0.1) is 34.8 Å². The van der Waals surface area contributed by atoms with E-state index in [4.69, 9.17) is 32.7 Å². The molecule has 0 unspecified atom stereocenters. The number of halogens is 2. The Kier molecular flexibility index (Phi) is 11.3. The summed E-state index contributed by atoms with van der Waals surface area (Å²) < 4.78 is 39.5. The summed E-state index contributed by atoms with van der Waals surface area (Å²) in [5.74, 6) is -0.305. The number of hydrogen-bond acceptors (Lipinski definition) is 6. The quantitative estimate of drug-likeness (QED) is 0.283. The average molecular weight is 623 g/mol. The van der Waals surface area contributed by atoms with Gasteiger partial charge in [0.2, 0.25) is 11.8 Å². The number of carbonyl (C=O) groups excluding carboxylic acids is 2. The number of nitrogens with one attached hydrogen (secondary N) is 1. The molecule has 12 heteroatoms.